The Labute approximate surface area is 159 Å². The van der Waals surface area contributed by atoms with Crippen molar-refractivity contribution in [3.8, 4) is 5.95 Å². The van der Waals surface area contributed by atoms with Crippen molar-refractivity contribution in [2.75, 3.05) is 31.1 Å². The topological polar surface area (TPSA) is 63.0 Å². The molecule has 140 valence electrons. The summed E-state index contributed by atoms with van der Waals surface area (Å²) in [7, 11) is 0. The molecule has 4 heterocycles. The lowest BCUT2D eigenvalue weighted by Gasteiger charge is -2.36. The standard InChI is InChI=1S/C20H25N7/c1-2-5-17-14-21-16-24-19(17)26-12-10-25(11-13-26)15-18-6-3-9-27(18)20-22-7-4-8-23-20/h3-4,6-9,14,16H,2,5,10-13,15H2,1H3. The van der Waals surface area contributed by atoms with Crippen LogP contribution in [-0.2, 0) is 13.0 Å². The van der Waals surface area contributed by atoms with Crippen LogP contribution in [0.25, 0.3) is 5.95 Å². The van der Waals surface area contributed by atoms with Crippen LogP contribution in [0.2, 0.25) is 0 Å². The third kappa shape index (κ3) is 3.98. The number of anilines is 1. The Kier molecular flexibility index (Phi) is 5.39. The molecule has 0 unspecified atom stereocenters. The van der Waals surface area contributed by atoms with E-state index in [2.05, 4.69) is 53.4 Å². The number of rotatable bonds is 6. The van der Waals surface area contributed by atoms with Gasteiger partial charge in [0.25, 0.3) is 0 Å². The summed E-state index contributed by atoms with van der Waals surface area (Å²) >= 11 is 0. The zero-order valence-corrected chi connectivity index (χ0v) is 15.7. The Bertz CT molecular complexity index is 854. The minimum Gasteiger partial charge on any atom is -0.354 e. The molecule has 0 N–H and O–H groups in total. The fourth-order valence-electron chi connectivity index (χ4n) is 3.59. The molecular weight excluding hydrogens is 338 g/mol. The summed E-state index contributed by atoms with van der Waals surface area (Å²) in [6, 6.07) is 6.04. The van der Waals surface area contributed by atoms with E-state index in [1.165, 1.54) is 11.3 Å². The van der Waals surface area contributed by atoms with Gasteiger partial charge < -0.3 is 4.90 Å². The van der Waals surface area contributed by atoms with Crippen molar-refractivity contribution in [2.45, 2.75) is 26.3 Å². The number of aromatic nitrogens is 5. The SMILES string of the molecule is CCCc1cncnc1N1CCN(Cc2cccn2-c2ncccn2)CC1. The molecule has 1 aliphatic rings. The second-order valence-corrected chi connectivity index (χ2v) is 6.80. The van der Waals surface area contributed by atoms with Gasteiger partial charge in [-0.05, 0) is 24.6 Å². The maximum absolute atomic E-state index is 4.55. The number of hydrogen-bond donors (Lipinski definition) is 0. The first kappa shape index (κ1) is 17.6. The lowest BCUT2D eigenvalue weighted by Crippen LogP contribution is -2.46. The summed E-state index contributed by atoms with van der Waals surface area (Å²) in [5.41, 5.74) is 2.46. The quantitative estimate of drug-likeness (QED) is 0.670. The summed E-state index contributed by atoms with van der Waals surface area (Å²) in [6.07, 6.45) is 11.3. The fourth-order valence-corrected chi connectivity index (χ4v) is 3.59. The fraction of sp³-hybridized carbons (Fsp3) is 0.400. The third-order valence-corrected chi connectivity index (χ3v) is 4.94. The average Bonchev–Trinajstić information content (AvgIpc) is 3.18. The van der Waals surface area contributed by atoms with Crippen molar-refractivity contribution < 1.29 is 0 Å². The zero-order chi connectivity index (χ0) is 18.5. The van der Waals surface area contributed by atoms with Crippen LogP contribution in [0, 0.1) is 0 Å². The first-order chi connectivity index (χ1) is 13.3. The molecule has 1 fully saturated rings. The van der Waals surface area contributed by atoms with E-state index in [4.69, 9.17) is 0 Å². The molecule has 1 aliphatic heterocycles. The molecule has 0 bridgehead atoms. The predicted octanol–water partition coefficient (Wildman–Crippen LogP) is 2.33. The Morgan fingerprint density at radius 3 is 2.59 bits per heavy atom. The average molecular weight is 363 g/mol. The van der Waals surface area contributed by atoms with Gasteiger partial charge >= 0.3 is 0 Å². The van der Waals surface area contributed by atoms with Gasteiger partial charge in [-0.1, -0.05) is 13.3 Å². The molecule has 4 rings (SSSR count). The Balaban J connectivity index is 1.41. The van der Waals surface area contributed by atoms with Crippen LogP contribution < -0.4 is 4.90 Å². The first-order valence-electron chi connectivity index (χ1n) is 9.55. The molecule has 7 heteroatoms. The monoisotopic (exact) mass is 363 g/mol. The summed E-state index contributed by atoms with van der Waals surface area (Å²) in [5.74, 6) is 1.83. The van der Waals surface area contributed by atoms with Crippen LogP contribution in [0.4, 0.5) is 5.82 Å². The lowest BCUT2D eigenvalue weighted by molar-refractivity contribution is 0.245. The number of piperazine rings is 1. The second kappa shape index (κ2) is 8.26. The van der Waals surface area contributed by atoms with E-state index in [9.17, 15) is 0 Å². The summed E-state index contributed by atoms with van der Waals surface area (Å²) in [4.78, 5) is 22.3. The molecular formula is C20H25N7. The van der Waals surface area contributed by atoms with Crippen LogP contribution >= 0.6 is 0 Å². The van der Waals surface area contributed by atoms with Crippen LogP contribution in [0.3, 0.4) is 0 Å². The maximum atomic E-state index is 4.55. The van der Waals surface area contributed by atoms with Crippen molar-refractivity contribution >= 4 is 5.82 Å². The number of nitrogens with zero attached hydrogens (tertiary/aromatic N) is 7. The summed E-state index contributed by atoms with van der Waals surface area (Å²) in [5, 5.41) is 0. The van der Waals surface area contributed by atoms with Gasteiger partial charge in [-0.25, -0.2) is 19.9 Å². The van der Waals surface area contributed by atoms with Gasteiger partial charge in [0, 0.05) is 68.8 Å². The minimum absolute atomic E-state index is 0.723. The van der Waals surface area contributed by atoms with Crippen LogP contribution in [0.5, 0.6) is 0 Å². The van der Waals surface area contributed by atoms with Gasteiger partial charge in [0.2, 0.25) is 5.95 Å². The Morgan fingerprint density at radius 2 is 1.81 bits per heavy atom. The van der Waals surface area contributed by atoms with Gasteiger partial charge in [0.1, 0.15) is 12.1 Å². The van der Waals surface area contributed by atoms with Crippen molar-refractivity contribution in [2.24, 2.45) is 0 Å². The number of hydrogen-bond acceptors (Lipinski definition) is 6. The molecule has 27 heavy (non-hydrogen) atoms. The van der Waals surface area contributed by atoms with E-state index >= 15 is 0 Å². The molecule has 1 saturated heterocycles. The predicted molar refractivity (Wildman–Crippen MR) is 105 cm³/mol. The molecule has 0 aliphatic carbocycles. The van der Waals surface area contributed by atoms with Crippen LogP contribution in [-0.4, -0.2) is 55.6 Å². The largest absolute Gasteiger partial charge is 0.354 e. The highest BCUT2D eigenvalue weighted by atomic mass is 15.3. The van der Waals surface area contributed by atoms with Gasteiger partial charge in [-0.15, -0.1) is 0 Å². The van der Waals surface area contributed by atoms with Crippen LogP contribution in [0.1, 0.15) is 24.6 Å². The van der Waals surface area contributed by atoms with Crippen molar-refractivity contribution in [3.05, 3.63) is 60.6 Å². The van der Waals surface area contributed by atoms with E-state index < -0.39 is 0 Å². The zero-order valence-electron chi connectivity index (χ0n) is 15.7. The number of aryl methyl sites for hydroxylation is 1. The van der Waals surface area contributed by atoms with E-state index in [0.29, 0.717) is 0 Å². The Morgan fingerprint density at radius 1 is 1.00 bits per heavy atom. The Hall–Kier alpha value is -2.80. The molecule has 3 aromatic rings. The minimum atomic E-state index is 0.723. The summed E-state index contributed by atoms with van der Waals surface area (Å²) in [6.45, 7) is 7.07. The normalized spacial score (nSPS) is 15.2. The van der Waals surface area contributed by atoms with Gasteiger partial charge in [0.15, 0.2) is 0 Å². The highest BCUT2D eigenvalue weighted by Gasteiger charge is 2.21. The van der Waals surface area contributed by atoms with Gasteiger partial charge in [-0.3, -0.25) is 9.47 Å². The highest BCUT2D eigenvalue weighted by Crippen LogP contribution is 2.20. The second-order valence-electron chi connectivity index (χ2n) is 6.80. The smallest absolute Gasteiger partial charge is 0.233 e. The molecule has 3 aromatic heterocycles. The van der Waals surface area contributed by atoms with Crippen molar-refractivity contribution in [1.82, 2.24) is 29.4 Å². The molecule has 7 nitrogen and oxygen atoms in total. The van der Waals surface area contributed by atoms with E-state index in [1.54, 1.807) is 18.7 Å². The molecule has 0 spiro atoms. The third-order valence-electron chi connectivity index (χ3n) is 4.94. The maximum Gasteiger partial charge on any atom is 0.233 e. The van der Waals surface area contributed by atoms with Gasteiger partial charge in [-0.2, -0.15) is 0 Å². The van der Waals surface area contributed by atoms with Crippen molar-refractivity contribution in [1.29, 1.82) is 0 Å². The highest BCUT2D eigenvalue weighted by molar-refractivity contribution is 5.46. The molecule has 0 aromatic carbocycles. The van der Waals surface area contributed by atoms with Gasteiger partial charge in [0.05, 0.1) is 0 Å². The van der Waals surface area contributed by atoms with E-state index in [1.807, 2.05) is 18.5 Å². The lowest BCUT2D eigenvalue weighted by atomic mass is 10.1. The molecule has 0 radical (unpaired) electrons. The molecule has 0 amide bonds. The summed E-state index contributed by atoms with van der Waals surface area (Å²) < 4.78 is 2.07. The van der Waals surface area contributed by atoms with Crippen molar-refractivity contribution in [3.63, 3.8) is 0 Å². The van der Waals surface area contributed by atoms with E-state index in [0.717, 1.165) is 57.3 Å². The first-order valence-corrected chi connectivity index (χ1v) is 9.55. The molecule has 0 atom stereocenters. The molecule has 0 saturated carbocycles. The van der Waals surface area contributed by atoms with Crippen LogP contribution in [0.15, 0.2) is 49.3 Å². The van der Waals surface area contributed by atoms with E-state index in [-0.39, 0.29) is 0 Å².